The first-order valence-corrected chi connectivity index (χ1v) is 5.95. The van der Waals surface area contributed by atoms with Crippen molar-refractivity contribution in [3.63, 3.8) is 0 Å². The second-order valence-electron chi connectivity index (χ2n) is 4.56. The Balaban J connectivity index is 4.33. The summed E-state index contributed by atoms with van der Waals surface area (Å²) in [5, 5.41) is 18.6. The van der Waals surface area contributed by atoms with Gasteiger partial charge in [0.05, 0.1) is 5.60 Å². The van der Waals surface area contributed by atoms with E-state index in [0.717, 1.165) is 0 Å². The smallest absolute Gasteiger partial charge is 0.321 e. The Kier molecular flexibility index (Phi) is 5.09. The molecule has 4 nitrogen and oxygen atoms in total. The van der Waals surface area contributed by atoms with Crippen LogP contribution in [0.1, 0.15) is 34.1 Å². The quantitative estimate of drug-likeness (QED) is 0.641. The van der Waals surface area contributed by atoms with Crippen molar-refractivity contribution in [2.75, 3.05) is 5.75 Å². The molecule has 0 aromatic heterocycles. The van der Waals surface area contributed by atoms with Crippen molar-refractivity contribution in [1.29, 1.82) is 0 Å². The van der Waals surface area contributed by atoms with Gasteiger partial charge in [0.25, 0.3) is 0 Å². The molecular weight excluding hydrogens is 214 g/mol. The van der Waals surface area contributed by atoms with E-state index in [-0.39, 0.29) is 0 Å². The van der Waals surface area contributed by atoms with Gasteiger partial charge in [0.1, 0.15) is 6.04 Å². The van der Waals surface area contributed by atoms with E-state index in [2.05, 4.69) is 0 Å². The number of rotatable bonds is 6. The highest BCUT2D eigenvalue weighted by Crippen LogP contribution is 2.31. The van der Waals surface area contributed by atoms with Crippen molar-refractivity contribution in [3.05, 3.63) is 0 Å². The van der Waals surface area contributed by atoms with Gasteiger partial charge >= 0.3 is 5.97 Å². The second kappa shape index (κ2) is 5.18. The number of nitrogens with two attached hydrogens (primary N) is 1. The summed E-state index contributed by atoms with van der Waals surface area (Å²) >= 11 is 1.39. The SMILES string of the molecule is CCC(C)(O)CSC(C)(C)[C@H](N)C(=O)O. The van der Waals surface area contributed by atoms with E-state index in [0.29, 0.717) is 12.2 Å². The van der Waals surface area contributed by atoms with Gasteiger partial charge in [-0.2, -0.15) is 11.8 Å². The maximum absolute atomic E-state index is 10.7. The van der Waals surface area contributed by atoms with E-state index >= 15 is 0 Å². The average molecular weight is 235 g/mol. The van der Waals surface area contributed by atoms with Crippen LogP contribution in [0.4, 0.5) is 0 Å². The number of aliphatic carboxylic acids is 1. The lowest BCUT2D eigenvalue weighted by Crippen LogP contribution is -2.47. The van der Waals surface area contributed by atoms with Crippen molar-refractivity contribution >= 4 is 17.7 Å². The summed E-state index contributed by atoms with van der Waals surface area (Å²) in [4.78, 5) is 10.7. The maximum atomic E-state index is 10.7. The van der Waals surface area contributed by atoms with Gasteiger partial charge in [0.15, 0.2) is 0 Å². The van der Waals surface area contributed by atoms with Crippen molar-refractivity contribution in [2.24, 2.45) is 5.73 Å². The number of aliphatic hydroxyl groups is 1. The summed E-state index contributed by atoms with van der Waals surface area (Å²) in [6, 6.07) is -0.921. The largest absolute Gasteiger partial charge is 0.480 e. The highest BCUT2D eigenvalue weighted by molar-refractivity contribution is 8.00. The fourth-order valence-corrected chi connectivity index (χ4v) is 2.00. The predicted octanol–water partition coefficient (Wildman–Crippen LogP) is 1.07. The van der Waals surface area contributed by atoms with Crippen LogP contribution in [0.5, 0.6) is 0 Å². The highest BCUT2D eigenvalue weighted by Gasteiger charge is 2.34. The van der Waals surface area contributed by atoms with E-state index in [1.165, 1.54) is 11.8 Å². The Morgan fingerprint density at radius 1 is 1.47 bits per heavy atom. The van der Waals surface area contributed by atoms with Gasteiger partial charge in [0.2, 0.25) is 0 Å². The van der Waals surface area contributed by atoms with Crippen LogP contribution in [0.25, 0.3) is 0 Å². The van der Waals surface area contributed by atoms with E-state index in [9.17, 15) is 9.90 Å². The third-order valence-corrected chi connectivity index (χ3v) is 4.30. The molecule has 90 valence electrons. The molecule has 0 aliphatic carbocycles. The van der Waals surface area contributed by atoms with Crippen LogP contribution in [0.2, 0.25) is 0 Å². The van der Waals surface area contributed by atoms with Crippen LogP contribution in [-0.2, 0) is 4.79 Å². The number of carbonyl (C=O) groups is 1. The van der Waals surface area contributed by atoms with Crippen LogP contribution < -0.4 is 5.73 Å². The van der Waals surface area contributed by atoms with Crippen molar-refractivity contribution in [2.45, 2.75) is 50.5 Å². The number of carboxylic acid groups (broad SMARTS) is 1. The normalized spacial score (nSPS) is 18.3. The van der Waals surface area contributed by atoms with Crippen LogP contribution in [-0.4, -0.2) is 38.3 Å². The highest BCUT2D eigenvalue weighted by atomic mass is 32.2. The monoisotopic (exact) mass is 235 g/mol. The van der Waals surface area contributed by atoms with Gasteiger partial charge in [-0.25, -0.2) is 0 Å². The van der Waals surface area contributed by atoms with Gasteiger partial charge in [-0.05, 0) is 27.2 Å². The number of thioether (sulfide) groups is 1. The van der Waals surface area contributed by atoms with Crippen molar-refractivity contribution < 1.29 is 15.0 Å². The summed E-state index contributed by atoms with van der Waals surface area (Å²) in [5.41, 5.74) is 4.80. The minimum Gasteiger partial charge on any atom is -0.480 e. The van der Waals surface area contributed by atoms with E-state index in [1.54, 1.807) is 20.8 Å². The number of carboxylic acids is 1. The van der Waals surface area contributed by atoms with Crippen molar-refractivity contribution in [3.8, 4) is 0 Å². The molecule has 0 aromatic carbocycles. The topological polar surface area (TPSA) is 83.5 Å². The maximum Gasteiger partial charge on any atom is 0.321 e. The molecule has 5 heteroatoms. The van der Waals surface area contributed by atoms with E-state index in [4.69, 9.17) is 10.8 Å². The molecule has 0 aliphatic heterocycles. The molecule has 0 aliphatic rings. The summed E-state index contributed by atoms with van der Waals surface area (Å²) in [5.74, 6) is -0.527. The molecular formula is C10H21NO3S. The van der Waals surface area contributed by atoms with Crippen LogP contribution >= 0.6 is 11.8 Å². The molecule has 4 N–H and O–H groups in total. The molecule has 0 bridgehead atoms. The van der Waals surface area contributed by atoms with Gasteiger partial charge in [-0.15, -0.1) is 0 Å². The predicted molar refractivity (Wildman–Crippen MR) is 63.1 cm³/mol. The Morgan fingerprint density at radius 3 is 2.27 bits per heavy atom. The van der Waals surface area contributed by atoms with E-state index < -0.39 is 22.4 Å². The van der Waals surface area contributed by atoms with Gasteiger partial charge in [-0.1, -0.05) is 6.92 Å². The minimum absolute atomic E-state index is 0.484. The fraction of sp³-hybridized carbons (Fsp3) is 0.900. The molecule has 0 saturated heterocycles. The molecule has 0 saturated carbocycles. The first-order valence-electron chi connectivity index (χ1n) is 4.97. The molecule has 0 radical (unpaired) electrons. The Morgan fingerprint density at radius 2 is 1.93 bits per heavy atom. The summed E-state index contributed by atoms with van der Waals surface area (Å²) in [6.45, 7) is 7.19. The van der Waals surface area contributed by atoms with Crippen LogP contribution in [0.15, 0.2) is 0 Å². The number of hydrogen-bond acceptors (Lipinski definition) is 4. The van der Waals surface area contributed by atoms with Gasteiger partial charge in [0, 0.05) is 10.5 Å². The summed E-state index contributed by atoms with van der Waals surface area (Å²) in [6.07, 6.45) is 0.637. The molecule has 0 fully saturated rings. The summed E-state index contributed by atoms with van der Waals surface area (Å²) < 4.78 is -0.578. The molecule has 0 rings (SSSR count). The van der Waals surface area contributed by atoms with E-state index in [1.807, 2.05) is 6.92 Å². The standard InChI is InChI=1S/C10H21NO3S/c1-5-10(4,14)6-15-9(2,3)7(11)8(12)13/h7,14H,5-6,11H2,1-4H3,(H,12,13)/t7-,10?/m1/s1. The molecule has 0 heterocycles. The zero-order valence-electron chi connectivity index (χ0n) is 9.78. The third-order valence-electron chi connectivity index (χ3n) is 2.53. The van der Waals surface area contributed by atoms with Gasteiger partial charge in [-0.3, -0.25) is 4.79 Å². The molecule has 1 unspecified atom stereocenters. The lowest BCUT2D eigenvalue weighted by Gasteiger charge is -2.31. The van der Waals surface area contributed by atoms with Gasteiger partial charge < -0.3 is 15.9 Å². The second-order valence-corrected chi connectivity index (χ2v) is 6.19. The Bertz CT molecular complexity index is 229. The Hall–Kier alpha value is -0.260. The summed E-state index contributed by atoms with van der Waals surface area (Å²) in [7, 11) is 0. The third kappa shape index (κ3) is 4.86. The van der Waals surface area contributed by atoms with Crippen LogP contribution in [0, 0.1) is 0 Å². The molecule has 0 amide bonds. The lowest BCUT2D eigenvalue weighted by molar-refractivity contribution is -0.139. The zero-order chi connectivity index (χ0) is 12.3. The van der Waals surface area contributed by atoms with Crippen molar-refractivity contribution in [1.82, 2.24) is 0 Å². The molecule has 15 heavy (non-hydrogen) atoms. The molecule has 0 spiro atoms. The molecule has 2 atom stereocenters. The van der Waals surface area contributed by atoms with Crippen LogP contribution in [0.3, 0.4) is 0 Å². The first-order chi connectivity index (χ1) is 6.62. The Labute approximate surface area is 95.2 Å². The average Bonchev–Trinajstić information content (AvgIpc) is 2.14. The fourth-order valence-electron chi connectivity index (χ4n) is 0.831. The minimum atomic E-state index is -1.01. The first kappa shape index (κ1) is 14.7. The number of hydrogen-bond donors (Lipinski definition) is 3. The zero-order valence-corrected chi connectivity index (χ0v) is 10.6. The molecule has 0 aromatic rings. The lowest BCUT2D eigenvalue weighted by atomic mass is 10.0.